The standard InChI is InChI=1S/C21H33N7O/c1-2-22-20(23-16-19-26-25-18-8-4-7-11-28(18)19)24-17-21(9-5-3-6-10-21)27-12-14-29-15-13-27/h4,7-8,11H,2-3,5-6,9-10,12-17H2,1H3,(H2,22,23,24). The van der Waals surface area contributed by atoms with Crippen LogP contribution in [0, 0.1) is 0 Å². The van der Waals surface area contributed by atoms with Gasteiger partial charge in [0.1, 0.15) is 6.54 Å². The second kappa shape index (κ2) is 9.54. The number of guanidine groups is 1. The molecule has 2 aromatic heterocycles. The second-order valence-corrected chi connectivity index (χ2v) is 7.98. The summed E-state index contributed by atoms with van der Waals surface area (Å²) in [4.78, 5) is 7.45. The maximum Gasteiger partial charge on any atom is 0.191 e. The summed E-state index contributed by atoms with van der Waals surface area (Å²) in [6.07, 6.45) is 8.43. The number of rotatable bonds is 6. The fraction of sp³-hybridized carbons (Fsp3) is 0.667. The lowest BCUT2D eigenvalue weighted by molar-refractivity contribution is -0.0352. The van der Waals surface area contributed by atoms with Gasteiger partial charge in [-0.3, -0.25) is 9.30 Å². The molecule has 4 rings (SSSR count). The van der Waals surface area contributed by atoms with Crippen molar-refractivity contribution in [3.8, 4) is 0 Å². The van der Waals surface area contributed by atoms with Crippen molar-refractivity contribution in [2.45, 2.75) is 51.1 Å². The third-order valence-corrected chi connectivity index (χ3v) is 6.16. The van der Waals surface area contributed by atoms with E-state index in [0.29, 0.717) is 6.54 Å². The van der Waals surface area contributed by atoms with Gasteiger partial charge in [-0.25, -0.2) is 4.99 Å². The van der Waals surface area contributed by atoms with Crippen LogP contribution in [0.1, 0.15) is 44.9 Å². The highest BCUT2D eigenvalue weighted by atomic mass is 16.5. The van der Waals surface area contributed by atoms with E-state index in [1.165, 1.54) is 32.1 Å². The Kier molecular flexibility index (Phi) is 6.61. The molecule has 0 radical (unpaired) electrons. The van der Waals surface area contributed by atoms with E-state index < -0.39 is 0 Å². The van der Waals surface area contributed by atoms with Crippen molar-refractivity contribution in [1.82, 2.24) is 30.1 Å². The highest BCUT2D eigenvalue weighted by molar-refractivity contribution is 5.79. The van der Waals surface area contributed by atoms with Gasteiger partial charge >= 0.3 is 0 Å². The van der Waals surface area contributed by atoms with Gasteiger partial charge in [0.15, 0.2) is 17.4 Å². The molecule has 2 fully saturated rings. The summed E-state index contributed by atoms with van der Waals surface area (Å²) in [5, 5.41) is 15.5. The molecule has 8 heteroatoms. The summed E-state index contributed by atoms with van der Waals surface area (Å²) in [5.41, 5.74) is 1.06. The molecule has 1 aliphatic heterocycles. The van der Waals surface area contributed by atoms with E-state index in [1.54, 1.807) is 0 Å². The Morgan fingerprint density at radius 3 is 2.76 bits per heavy atom. The first kappa shape index (κ1) is 20.1. The predicted molar refractivity (Wildman–Crippen MR) is 114 cm³/mol. The lowest BCUT2D eigenvalue weighted by Gasteiger charge is -2.48. The number of nitrogens with one attached hydrogen (secondary N) is 2. The molecule has 158 valence electrons. The Morgan fingerprint density at radius 1 is 1.14 bits per heavy atom. The summed E-state index contributed by atoms with van der Waals surface area (Å²) < 4.78 is 7.59. The number of morpholine rings is 1. The Balaban J connectivity index is 1.45. The zero-order valence-corrected chi connectivity index (χ0v) is 17.4. The van der Waals surface area contributed by atoms with Crippen LogP contribution in [0.5, 0.6) is 0 Å². The van der Waals surface area contributed by atoms with E-state index >= 15 is 0 Å². The van der Waals surface area contributed by atoms with Gasteiger partial charge in [0.2, 0.25) is 0 Å². The number of aliphatic imine (C=N–C) groups is 1. The van der Waals surface area contributed by atoms with Gasteiger partial charge in [0, 0.05) is 37.9 Å². The minimum atomic E-state index is 0.208. The maximum atomic E-state index is 5.60. The van der Waals surface area contributed by atoms with Crippen molar-refractivity contribution in [3.63, 3.8) is 0 Å². The molecule has 29 heavy (non-hydrogen) atoms. The van der Waals surface area contributed by atoms with Crippen LogP contribution in [0.2, 0.25) is 0 Å². The van der Waals surface area contributed by atoms with Crippen LogP contribution in [0.4, 0.5) is 0 Å². The highest BCUT2D eigenvalue weighted by Crippen LogP contribution is 2.33. The molecule has 2 N–H and O–H groups in total. The van der Waals surface area contributed by atoms with E-state index in [1.807, 2.05) is 28.8 Å². The summed E-state index contributed by atoms with van der Waals surface area (Å²) in [7, 11) is 0. The second-order valence-electron chi connectivity index (χ2n) is 7.98. The molecule has 1 saturated heterocycles. The fourth-order valence-electron chi connectivity index (χ4n) is 4.59. The van der Waals surface area contributed by atoms with Gasteiger partial charge in [0.25, 0.3) is 0 Å². The number of fused-ring (bicyclic) bond motifs is 1. The number of pyridine rings is 1. The van der Waals surface area contributed by atoms with Gasteiger partial charge in [-0.15, -0.1) is 10.2 Å². The smallest absolute Gasteiger partial charge is 0.191 e. The molecular formula is C21H33N7O. The van der Waals surface area contributed by atoms with Gasteiger partial charge < -0.3 is 15.4 Å². The van der Waals surface area contributed by atoms with Gasteiger partial charge in [0.05, 0.1) is 13.2 Å². The van der Waals surface area contributed by atoms with Crippen LogP contribution in [-0.4, -0.2) is 70.4 Å². The van der Waals surface area contributed by atoms with Crippen molar-refractivity contribution < 1.29 is 4.74 Å². The molecule has 0 atom stereocenters. The minimum absolute atomic E-state index is 0.208. The lowest BCUT2D eigenvalue weighted by atomic mass is 9.80. The highest BCUT2D eigenvalue weighted by Gasteiger charge is 2.38. The zero-order valence-electron chi connectivity index (χ0n) is 17.4. The normalized spacial score (nSPS) is 20.7. The SMILES string of the molecule is CCNC(=NCc1nnc2ccccn12)NCC1(N2CCOCC2)CCCCC1. The Bertz CT molecular complexity index is 806. The quantitative estimate of drug-likeness (QED) is 0.570. The monoisotopic (exact) mass is 399 g/mol. The number of nitrogens with zero attached hydrogens (tertiary/aromatic N) is 5. The number of ether oxygens (including phenoxy) is 1. The van der Waals surface area contributed by atoms with E-state index in [2.05, 4.69) is 32.7 Å². The van der Waals surface area contributed by atoms with Crippen LogP contribution in [0.3, 0.4) is 0 Å². The number of hydrogen-bond acceptors (Lipinski definition) is 5. The minimum Gasteiger partial charge on any atom is -0.379 e. The summed E-state index contributed by atoms with van der Waals surface area (Å²) in [6, 6.07) is 5.92. The van der Waals surface area contributed by atoms with Crippen LogP contribution in [-0.2, 0) is 11.3 Å². The molecule has 0 amide bonds. The largest absolute Gasteiger partial charge is 0.379 e. The molecular weight excluding hydrogens is 366 g/mol. The van der Waals surface area contributed by atoms with Crippen molar-refractivity contribution in [2.75, 3.05) is 39.4 Å². The molecule has 0 spiro atoms. The maximum absolute atomic E-state index is 5.60. The first-order chi connectivity index (χ1) is 14.3. The van der Waals surface area contributed by atoms with Crippen molar-refractivity contribution >= 4 is 11.6 Å². The topological polar surface area (TPSA) is 79.1 Å². The zero-order chi connectivity index (χ0) is 19.9. The van der Waals surface area contributed by atoms with Crippen molar-refractivity contribution in [2.24, 2.45) is 4.99 Å². The average Bonchev–Trinajstić information content (AvgIpc) is 3.20. The first-order valence-corrected chi connectivity index (χ1v) is 10.9. The average molecular weight is 400 g/mol. The molecule has 1 saturated carbocycles. The third-order valence-electron chi connectivity index (χ3n) is 6.16. The molecule has 8 nitrogen and oxygen atoms in total. The summed E-state index contributed by atoms with van der Waals surface area (Å²) in [5.74, 6) is 1.69. The van der Waals surface area contributed by atoms with Crippen LogP contribution in [0.25, 0.3) is 5.65 Å². The van der Waals surface area contributed by atoms with Crippen LogP contribution >= 0.6 is 0 Å². The Morgan fingerprint density at radius 2 is 1.97 bits per heavy atom. The Hall–Kier alpha value is -2.19. The van der Waals surface area contributed by atoms with Gasteiger partial charge in [-0.1, -0.05) is 25.3 Å². The third kappa shape index (κ3) is 4.70. The van der Waals surface area contributed by atoms with E-state index in [9.17, 15) is 0 Å². The molecule has 0 aromatic carbocycles. The molecule has 2 aromatic rings. The lowest BCUT2D eigenvalue weighted by Crippen LogP contribution is -2.60. The van der Waals surface area contributed by atoms with Crippen LogP contribution in [0.15, 0.2) is 29.4 Å². The van der Waals surface area contributed by atoms with Crippen molar-refractivity contribution in [3.05, 3.63) is 30.2 Å². The molecule has 1 aliphatic carbocycles. The van der Waals surface area contributed by atoms with E-state index in [-0.39, 0.29) is 5.54 Å². The molecule has 0 bridgehead atoms. The molecule has 3 heterocycles. The van der Waals surface area contributed by atoms with Gasteiger partial charge in [-0.2, -0.15) is 0 Å². The summed E-state index contributed by atoms with van der Waals surface area (Å²) >= 11 is 0. The number of hydrogen-bond donors (Lipinski definition) is 2. The first-order valence-electron chi connectivity index (χ1n) is 10.9. The van der Waals surface area contributed by atoms with E-state index in [4.69, 9.17) is 9.73 Å². The number of aromatic nitrogens is 3. The summed E-state index contributed by atoms with van der Waals surface area (Å²) in [6.45, 7) is 8.08. The molecule has 0 unspecified atom stereocenters. The van der Waals surface area contributed by atoms with Crippen LogP contribution < -0.4 is 10.6 Å². The predicted octanol–water partition coefficient (Wildman–Crippen LogP) is 1.82. The molecule has 2 aliphatic rings. The van der Waals surface area contributed by atoms with Gasteiger partial charge in [-0.05, 0) is 31.9 Å². The Labute approximate surface area is 172 Å². The fourth-order valence-corrected chi connectivity index (χ4v) is 4.59. The van der Waals surface area contributed by atoms with Crippen molar-refractivity contribution in [1.29, 1.82) is 0 Å². The van der Waals surface area contributed by atoms with E-state index in [0.717, 1.165) is 56.8 Å².